The molecule has 4 nitrogen and oxygen atoms in total. The molecule has 0 bridgehead atoms. The number of anilines is 1. The van der Waals surface area contributed by atoms with Gasteiger partial charge in [-0.2, -0.15) is 0 Å². The number of nitrogens with two attached hydrogens (primary N) is 1. The summed E-state index contributed by atoms with van der Waals surface area (Å²) in [4.78, 5) is 7.13. The summed E-state index contributed by atoms with van der Waals surface area (Å²) in [5.74, 6) is 0. The van der Waals surface area contributed by atoms with Gasteiger partial charge in [0.05, 0.1) is 18.2 Å². The molecular formula is C14H18N4. The zero-order valence-corrected chi connectivity index (χ0v) is 10.3. The van der Waals surface area contributed by atoms with Crippen molar-refractivity contribution in [3.8, 4) is 11.3 Å². The largest absolute Gasteiger partial charge is 0.382 e. The number of hydrogen-bond donors (Lipinski definition) is 3. The fourth-order valence-electron chi connectivity index (χ4n) is 2.54. The van der Waals surface area contributed by atoms with Gasteiger partial charge in [0, 0.05) is 17.8 Å². The Morgan fingerprint density at radius 3 is 2.67 bits per heavy atom. The lowest BCUT2D eigenvalue weighted by atomic mass is 10.1. The van der Waals surface area contributed by atoms with Gasteiger partial charge in [-0.1, -0.05) is 12.1 Å². The summed E-state index contributed by atoms with van der Waals surface area (Å²) in [5, 5.41) is 3.54. The van der Waals surface area contributed by atoms with Crippen LogP contribution in [0.3, 0.4) is 0 Å². The molecule has 0 radical (unpaired) electrons. The second kappa shape index (κ2) is 4.82. The van der Waals surface area contributed by atoms with E-state index in [1.165, 1.54) is 6.42 Å². The van der Waals surface area contributed by atoms with Gasteiger partial charge in [0.15, 0.2) is 0 Å². The van der Waals surface area contributed by atoms with Crippen LogP contribution >= 0.6 is 0 Å². The highest BCUT2D eigenvalue weighted by Gasteiger charge is 2.21. The molecule has 0 amide bonds. The lowest BCUT2D eigenvalue weighted by Gasteiger charge is -2.14. The summed E-state index contributed by atoms with van der Waals surface area (Å²) in [6.45, 7) is 0. The monoisotopic (exact) mass is 242 g/mol. The molecule has 1 aliphatic rings. The lowest BCUT2D eigenvalue weighted by Crippen LogP contribution is -2.20. The number of nitrogens with zero attached hydrogens (tertiary/aromatic N) is 1. The van der Waals surface area contributed by atoms with Crippen molar-refractivity contribution in [2.45, 2.75) is 31.3 Å². The highest BCUT2D eigenvalue weighted by Crippen LogP contribution is 2.23. The number of benzene rings is 1. The molecule has 0 saturated heterocycles. The number of imidazole rings is 1. The molecule has 18 heavy (non-hydrogen) atoms. The molecule has 1 aromatic heterocycles. The van der Waals surface area contributed by atoms with Crippen molar-refractivity contribution < 1.29 is 0 Å². The topological polar surface area (TPSA) is 66.7 Å². The van der Waals surface area contributed by atoms with Crippen molar-refractivity contribution in [2.75, 3.05) is 5.32 Å². The maximum absolute atomic E-state index is 5.92. The Labute approximate surface area is 107 Å². The first kappa shape index (κ1) is 11.3. The number of aromatic nitrogens is 2. The molecule has 4 N–H and O–H groups in total. The molecule has 3 rings (SSSR count). The summed E-state index contributed by atoms with van der Waals surface area (Å²) in [7, 11) is 0. The van der Waals surface area contributed by atoms with E-state index in [9.17, 15) is 0 Å². The molecule has 1 aromatic carbocycles. The number of hydrogen-bond acceptors (Lipinski definition) is 3. The van der Waals surface area contributed by atoms with E-state index in [0.717, 1.165) is 29.8 Å². The maximum atomic E-state index is 5.92. The van der Waals surface area contributed by atoms with Crippen molar-refractivity contribution in [3.63, 3.8) is 0 Å². The maximum Gasteiger partial charge on any atom is 0.0924 e. The van der Waals surface area contributed by atoms with Gasteiger partial charge in [-0.15, -0.1) is 0 Å². The Morgan fingerprint density at radius 1 is 1.22 bits per heavy atom. The SMILES string of the molecule is NC1CCC(Nc2ccc(-c3cnc[nH]3)cc2)C1. The van der Waals surface area contributed by atoms with Crippen molar-refractivity contribution in [1.29, 1.82) is 0 Å². The van der Waals surface area contributed by atoms with Crippen molar-refractivity contribution in [2.24, 2.45) is 5.73 Å². The van der Waals surface area contributed by atoms with E-state index in [-0.39, 0.29) is 0 Å². The number of nitrogens with one attached hydrogen (secondary N) is 2. The van der Waals surface area contributed by atoms with E-state index in [1.54, 1.807) is 6.33 Å². The first-order chi connectivity index (χ1) is 8.81. The van der Waals surface area contributed by atoms with Crippen LogP contribution in [0.15, 0.2) is 36.8 Å². The fraction of sp³-hybridized carbons (Fsp3) is 0.357. The number of rotatable bonds is 3. The van der Waals surface area contributed by atoms with Crippen molar-refractivity contribution >= 4 is 5.69 Å². The van der Waals surface area contributed by atoms with E-state index in [0.29, 0.717) is 12.1 Å². The summed E-state index contributed by atoms with van der Waals surface area (Å²) >= 11 is 0. The quantitative estimate of drug-likeness (QED) is 0.774. The fourth-order valence-corrected chi connectivity index (χ4v) is 2.54. The number of H-pyrrole nitrogens is 1. The van der Waals surface area contributed by atoms with Crippen LogP contribution < -0.4 is 11.1 Å². The minimum atomic E-state index is 0.367. The molecule has 0 spiro atoms. The Balaban J connectivity index is 1.68. The van der Waals surface area contributed by atoms with Gasteiger partial charge in [-0.05, 0) is 37.0 Å². The van der Waals surface area contributed by atoms with E-state index in [2.05, 4.69) is 39.6 Å². The number of aromatic amines is 1. The smallest absolute Gasteiger partial charge is 0.0924 e. The van der Waals surface area contributed by atoms with Gasteiger partial charge in [0.2, 0.25) is 0 Å². The van der Waals surface area contributed by atoms with Gasteiger partial charge in [0.25, 0.3) is 0 Å². The second-order valence-corrected chi connectivity index (χ2v) is 4.96. The van der Waals surface area contributed by atoms with E-state index in [4.69, 9.17) is 5.73 Å². The highest BCUT2D eigenvalue weighted by molar-refractivity contribution is 5.62. The van der Waals surface area contributed by atoms with Gasteiger partial charge < -0.3 is 16.0 Å². The third kappa shape index (κ3) is 2.38. The standard InChI is InChI=1S/C14H18N4/c15-11-3-6-13(7-11)18-12-4-1-10(2-5-12)14-8-16-9-17-14/h1-2,4-5,8-9,11,13,18H,3,6-7,15H2,(H,16,17). The van der Waals surface area contributed by atoms with Crippen LogP contribution in [0, 0.1) is 0 Å². The summed E-state index contributed by atoms with van der Waals surface area (Å²) < 4.78 is 0. The molecule has 4 heteroatoms. The van der Waals surface area contributed by atoms with Crippen molar-refractivity contribution in [3.05, 3.63) is 36.8 Å². The van der Waals surface area contributed by atoms with E-state index in [1.807, 2.05) is 6.20 Å². The van der Waals surface area contributed by atoms with Crippen LogP contribution in [0.25, 0.3) is 11.3 Å². The first-order valence-electron chi connectivity index (χ1n) is 6.42. The minimum absolute atomic E-state index is 0.367. The summed E-state index contributed by atoms with van der Waals surface area (Å²) in [5.41, 5.74) is 9.28. The van der Waals surface area contributed by atoms with Crippen LogP contribution in [0.2, 0.25) is 0 Å². The summed E-state index contributed by atoms with van der Waals surface area (Å²) in [6.07, 6.45) is 6.90. The molecule has 1 saturated carbocycles. The Bertz CT molecular complexity index is 489. The van der Waals surface area contributed by atoms with Gasteiger partial charge >= 0.3 is 0 Å². The Hall–Kier alpha value is -1.81. The van der Waals surface area contributed by atoms with Crippen LogP contribution in [0.4, 0.5) is 5.69 Å². The first-order valence-corrected chi connectivity index (χ1v) is 6.42. The van der Waals surface area contributed by atoms with Crippen LogP contribution in [-0.2, 0) is 0 Å². The molecule has 1 fully saturated rings. The zero-order valence-electron chi connectivity index (χ0n) is 10.3. The van der Waals surface area contributed by atoms with Gasteiger partial charge in [-0.3, -0.25) is 0 Å². The van der Waals surface area contributed by atoms with E-state index >= 15 is 0 Å². The third-order valence-electron chi connectivity index (χ3n) is 3.54. The highest BCUT2D eigenvalue weighted by atomic mass is 14.9. The summed E-state index contributed by atoms with van der Waals surface area (Å²) in [6, 6.07) is 9.32. The molecule has 0 aliphatic heterocycles. The Morgan fingerprint density at radius 2 is 2.06 bits per heavy atom. The molecule has 94 valence electrons. The minimum Gasteiger partial charge on any atom is -0.382 e. The Kier molecular flexibility index (Phi) is 3.02. The molecule has 2 atom stereocenters. The van der Waals surface area contributed by atoms with Crippen LogP contribution in [0.1, 0.15) is 19.3 Å². The van der Waals surface area contributed by atoms with Gasteiger partial charge in [-0.25, -0.2) is 4.98 Å². The predicted octanol–water partition coefficient (Wildman–Crippen LogP) is 2.37. The molecule has 2 unspecified atom stereocenters. The van der Waals surface area contributed by atoms with E-state index < -0.39 is 0 Å². The third-order valence-corrected chi connectivity index (χ3v) is 3.54. The molecular weight excluding hydrogens is 224 g/mol. The molecule has 1 aliphatic carbocycles. The second-order valence-electron chi connectivity index (χ2n) is 4.96. The normalized spacial score (nSPS) is 23.2. The van der Waals surface area contributed by atoms with Gasteiger partial charge in [0.1, 0.15) is 0 Å². The lowest BCUT2D eigenvalue weighted by molar-refractivity contribution is 0.688. The predicted molar refractivity (Wildman–Crippen MR) is 73.3 cm³/mol. The average Bonchev–Trinajstić information content (AvgIpc) is 3.02. The zero-order chi connectivity index (χ0) is 12.4. The molecule has 1 heterocycles. The molecule has 2 aromatic rings. The van der Waals surface area contributed by atoms with Crippen molar-refractivity contribution in [1.82, 2.24) is 9.97 Å². The van der Waals surface area contributed by atoms with Crippen LogP contribution in [0.5, 0.6) is 0 Å². The van der Waals surface area contributed by atoms with Crippen LogP contribution in [-0.4, -0.2) is 22.1 Å². The average molecular weight is 242 g/mol.